The molecule has 1 aliphatic rings. The van der Waals surface area contributed by atoms with Gasteiger partial charge in [-0.3, -0.25) is 0 Å². The molecule has 1 aromatic rings. The zero-order valence-electron chi connectivity index (χ0n) is 11.9. The number of methoxy groups -OCH3 is 2. The maximum Gasteiger partial charge on any atom is 0.145 e. The molecular weight excluding hydrogens is 242 g/mol. The SMILES string of the molecule is CCC1CC(Nc2ccc(OC)cc2OC)CCO1. The van der Waals surface area contributed by atoms with Gasteiger partial charge in [0.05, 0.1) is 26.0 Å². The molecule has 4 heteroatoms. The lowest BCUT2D eigenvalue weighted by molar-refractivity contribution is 0.00922. The van der Waals surface area contributed by atoms with Gasteiger partial charge in [-0.05, 0) is 31.4 Å². The van der Waals surface area contributed by atoms with Crippen LogP contribution in [0.2, 0.25) is 0 Å². The summed E-state index contributed by atoms with van der Waals surface area (Å²) < 4.78 is 16.3. The van der Waals surface area contributed by atoms with E-state index >= 15 is 0 Å². The Labute approximate surface area is 115 Å². The second-order valence-electron chi connectivity index (χ2n) is 4.83. The average molecular weight is 265 g/mol. The van der Waals surface area contributed by atoms with E-state index in [1.807, 2.05) is 18.2 Å². The Balaban J connectivity index is 2.05. The third-order valence-corrected chi connectivity index (χ3v) is 3.59. The quantitative estimate of drug-likeness (QED) is 0.888. The fraction of sp³-hybridized carbons (Fsp3) is 0.600. The second kappa shape index (κ2) is 6.66. The number of rotatable bonds is 5. The van der Waals surface area contributed by atoms with Crippen molar-refractivity contribution in [1.29, 1.82) is 0 Å². The molecule has 0 saturated carbocycles. The molecule has 19 heavy (non-hydrogen) atoms. The lowest BCUT2D eigenvalue weighted by atomic mass is 10.0. The van der Waals surface area contributed by atoms with E-state index < -0.39 is 0 Å². The molecule has 0 bridgehead atoms. The second-order valence-corrected chi connectivity index (χ2v) is 4.83. The van der Waals surface area contributed by atoms with Gasteiger partial charge in [0.15, 0.2) is 0 Å². The lowest BCUT2D eigenvalue weighted by Crippen LogP contribution is -2.33. The van der Waals surface area contributed by atoms with E-state index in [9.17, 15) is 0 Å². The highest BCUT2D eigenvalue weighted by Gasteiger charge is 2.22. The van der Waals surface area contributed by atoms with E-state index in [1.165, 1.54) is 0 Å². The summed E-state index contributed by atoms with van der Waals surface area (Å²) in [6.45, 7) is 3.00. The van der Waals surface area contributed by atoms with Gasteiger partial charge in [0.2, 0.25) is 0 Å². The highest BCUT2D eigenvalue weighted by atomic mass is 16.5. The maximum atomic E-state index is 5.70. The molecule has 0 aliphatic carbocycles. The standard InChI is InChI=1S/C15H23NO3/c1-4-12-9-11(7-8-19-12)16-14-6-5-13(17-2)10-15(14)18-3/h5-6,10-12,16H,4,7-9H2,1-3H3. The van der Waals surface area contributed by atoms with Crippen LogP contribution in [0.1, 0.15) is 26.2 Å². The number of hydrogen-bond donors (Lipinski definition) is 1. The van der Waals surface area contributed by atoms with Crippen molar-refractivity contribution < 1.29 is 14.2 Å². The molecule has 1 N–H and O–H groups in total. The van der Waals surface area contributed by atoms with Gasteiger partial charge >= 0.3 is 0 Å². The molecule has 2 unspecified atom stereocenters. The summed E-state index contributed by atoms with van der Waals surface area (Å²) in [5.74, 6) is 1.62. The first kappa shape index (κ1) is 14.0. The van der Waals surface area contributed by atoms with Crippen LogP contribution in [0.25, 0.3) is 0 Å². The highest BCUT2D eigenvalue weighted by molar-refractivity contribution is 5.59. The molecule has 0 amide bonds. The first-order valence-corrected chi connectivity index (χ1v) is 6.87. The first-order chi connectivity index (χ1) is 9.26. The normalized spacial score (nSPS) is 22.9. The van der Waals surface area contributed by atoms with Gasteiger partial charge in [0, 0.05) is 18.7 Å². The Morgan fingerprint density at radius 2 is 2.16 bits per heavy atom. The van der Waals surface area contributed by atoms with Crippen molar-refractivity contribution in [3.05, 3.63) is 18.2 Å². The average Bonchev–Trinajstić information content (AvgIpc) is 2.48. The van der Waals surface area contributed by atoms with Crippen molar-refractivity contribution in [3.8, 4) is 11.5 Å². The van der Waals surface area contributed by atoms with Crippen molar-refractivity contribution >= 4 is 5.69 Å². The summed E-state index contributed by atoms with van der Waals surface area (Å²) in [5, 5.41) is 3.56. The molecule has 2 atom stereocenters. The van der Waals surface area contributed by atoms with Crippen molar-refractivity contribution in [1.82, 2.24) is 0 Å². The summed E-state index contributed by atoms with van der Waals surface area (Å²) in [6.07, 6.45) is 3.52. The fourth-order valence-corrected chi connectivity index (χ4v) is 2.43. The molecule has 0 radical (unpaired) electrons. The first-order valence-electron chi connectivity index (χ1n) is 6.87. The molecule has 1 heterocycles. The Hall–Kier alpha value is -1.42. The third kappa shape index (κ3) is 3.53. The van der Waals surface area contributed by atoms with Gasteiger partial charge in [0.1, 0.15) is 11.5 Å². The van der Waals surface area contributed by atoms with Crippen LogP contribution in [-0.4, -0.2) is 33.0 Å². The predicted molar refractivity (Wildman–Crippen MR) is 76.2 cm³/mol. The van der Waals surface area contributed by atoms with Crippen LogP contribution in [0, 0.1) is 0 Å². The minimum Gasteiger partial charge on any atom is -0.497 e. The third-order valence-electron chi connectivity index (χ3n) is 3.59. The summed E-state index contributed by atoms with van der Waals surface area (Å²) in [6, 6.07) is 6.30. The highest BCUT2D eigenvalue weighted by Crippen LogP contribution is 2.31. The topological polar surface area (TPSA) is 39.7 Å². The van der Waals surface area contributed by atoms with Gasteiger partial charge in [-0.1, -0.05) is 6.92 Å². The minimum atomic E-state index is 0.371. The largest absolute Gasteiger partial charge is 0.497 e. The molecular formula is C15H23NO3. The summed E-state index contributed by atoms with van der Waals surface area (Å²) in [5.41, 5.74) is 1.02. The van der Waals surface area contributed by atoms with Crippen LogP contribution >= 0.6 is 0 Å². The van der Waals surface area contributed by atoms with Crippen molar-refractivity contribution in [3.63, 3.8) is 0 Å². The van der Waals surface area contributed by atoms with Crippen molar-refractivity contribution in [2.45, 2.75) is 38.3 Å². The molecule has 1 saturated heterocycles. The number of ether oxygens (including phenoxy) is 3. The van der Waals surface area contributed by atoms with E-state index in [2.05, 4.69) is 12.2 Å². The van der Waals surface area contributed by atoms with Gasteiger partial charge in [0.25, 0.3) is 0 Å². The van der Waals surface area contributed by atoms with E-state index in [0.717, 1.165) is 43.1 Å². The molecule has 0 aromatic heterocycles. The smallest absolute Gasteiger partial charge is 0.145 e. The Bertz CT molecular complexity index is 408. The molecule has 2 rings (SSSR count). The van der Waals surface area contributed by atoms with Gasteiger partial charge in [-0.2, -0.15) is 0 Å². The van der Waals surface area contributed by atoms with Crippen LogP contribution < -0.4 is 14.8 Å². The van der Waals surface area contributed by atoms with Crippen molar-refractivity contribution in [2.75, 3.05) is 26.1 Å². The number of benzene rings is 1. The Morgan fingerprint density at radius 1 is 1.32 bits per heavy atom. The summed E-state index contributed by atoms with van der Waals surface area (Å²) >= 11 is 0. The van der Waals surface area contributed by atoms with Gasteiger partial charge in [-0.25, -0.2) is 0 Å². The maximum absolute atomic E-state index is 5.70. The van der Waals surface area contributed by atoms with Crippen molar-refractivity contribution in [2.24, 2.45) is 0 Å². The van der Waals surface area contributed by atoms with Gasteiger partial charge in [-0.15, -0.1) is 0 Å². The summed E-state index contributed by atoms with van der Waals surface area (Å²) in [7, 11) is 3.34. The monoisotopic (exact) mass is 265 g/mol. The zero-order chi connectivity index (χ0) is 13.7. The number of hydrogen-bond acceptors (Lipinski definition) is 4. The number of anilines is 1. The number of nitrogens with one attached hydrogen (secondary N) is 1. The fourth-order valence-electron chi connectivity index (χ4n) is 2.43. The molecule has 4 nitrogen and oxygen atoms in total. The van der Waals surface area contributed by atoms with Gasteiger partial charge < -0.3 is 19.5 Å². The Morgan fingerprint density at radius 3 is 2.84 bits per heavy atom. The van der Waals surface area contributed by atoms with Crippen LogP contribution in [0.5, 0.6) is 11.5 Å². The minimum absolute atomic E-state index is 0.371. The van der Waals surface area contributed by atoms with Crippen LogP contribution in [0.4, 0.5) is 5.69 Å². The van der Waals surface area contributed by atoms with Crippen LogP contribution in [0.3, 0.4) is 0 Å². The molecule has 106 valence electrons. The lowest BCUT2D eigenvalue weighted by Gasteiger charge is -2.30. The molecule has 1 aromatic carbocycles. The molecule has 1 fully saturated rings. The van der Waals surface area contributed by atoms with E-state index in [0.29, 0.717) is 12.1 Å². The van der Waals surface area contributed by atoms with E-state index in [4.69, 9.17) is 14.2 Å². The predicted octanol–water partition coefficient (Wildman–Crippen LogP) is 3.07. The van der Waals surface area contributed by atoms with Crippen LogP contribution in [0.15, 0.2) is 18.2 Å². The molecule has 1 aliphatic heterocycles. The van der Waals surface area contributed by atoms with E-state index in [1.54, 1.807) is 14.2 Å². The van der Waals surface area contributed by atoms with Crippen LogP contribution in [-0.2, 0) is 4.74 Å². The summed E-state index contributed by atoms with van der Waals surface area (Å²) in [4.78, 5) is 0. The Kier molecular flexibility index (Phi) is 4.91. The van der Waals surface area contributed by atoms with E-state index in [-0.39, 0.29) is 0 Å². The zero-order valence-corrected chi connectivity index (χ0v) is 11.9. The molecule has 0 spiro atoms.